The van der Waals surface area contributed by atoms with Gasteiger partial charge in [-0.05, 0) is 32.4 Å². The fraction of sp³-hybridized carbons (Fsp3) is 0.273. The second kappa shape index (κ2) is 8.10. The van der Waals surface area contributed by atoms with Crippen molar-refractivity contribution >= 4 is 34.6 Å². The van der Waals surface area contributed by atoms with Crippen LogP contribution in [-0.4, -0.2) is 26.6 Å². The van der Waals surface area contributed by atoms with E-state index >= 15 is 0 Å². The van der Waals surface area contributed by atoms with E-state index in [1.807, 2.05) is 6.07 Å². The Morgan fingerprint density at radius 2 is 2.06 bits per heavy atom. The maximum absolute atomic E-state index is 14.4. The molecule has 2 N–H and O–H groups in total. The summed E-state index contributed by atoms with van der Waals surface area (Å²) >= 11 is 6.19. The van der Waals surface area contributed by atoms with Crippen molar-refractivity contribution in [2.24, 2.45) is 0 Å². The van der Waals surface area contributed by atoms with E-state index in [1.54, 1.807) is 12.1 Å². The molecular weight excluding hydrogens is 419 g/mol. The normalized spacial score (nSPS) is 13.5. The molecule has 1 aliphatic rings. The van der Waals surface area contributed by atoms with Crippen molar-refractivity contribution in [2.45, 2.75) is 32.4 Å². The van der Waals surface area contributed by atoms with Gasteiger partial charge in [0.1, 0.15) is 23.8 Å². The smallest absolute Gasteiger partial charge is 0.205 e. The van der Waals surface area contributed by atoms with E-state index < -0.39 is 11.4 Å². The predicted octanol–water partition coefficient (Wildman–Crippen LogP) is 4.75. The van der Waals surface area contributed by atoms with E-state index in [1.165, 1.54) is 32.4 Å². The molecule has 3 heterocycles. The largest absolute Gasteiger partial charge is 0.386 e. The van der Waals surface area contributed by atoms with Crippen molar-refractivity contribution < 1.29 is 9.50 Å². The number of anilines is 3. The molecule has 0 amide bonds. The molecular formula is C22H20ClFN6O. The van der Waals surface area contributed by atoms with E-state index in [-0.39, 0.29) is 5.56 Å². The summed E-state index contributed by atoms with van der Waals surface area (Å²) in [5.41, 5.74) is 1.94. The molecule has 9 heteroatoms. The van der Waals surface area contributed by atoms with Gasteiger partial charge in [0.05, 0.1) is 24.4 Å². The Bertz CT molecular complexity index is 1190. The first-order valence-corrected chi connectivity index (χ1v) is 10.0. The van der Waals surface area contributed by atoms with E-state index in [9.17, 15) is 9.50 Å². The van der Waals surface area contributed by atoms with E-state index in [0.717, 1.165) is 16.9 Å². The van der Waals surface area contributed by atoms with Crippen LogP contribution in [-0.2, 0) is 18.6 Å². The third-order valence-corrected chi connectivity index (χ3v) is 5.49. The lowest BCUT2D eigenvalue weighted by atomic mass is 10.00. The fourth-order valence-corrected chi connectivity index (χ4v) is 3.75. The molecule has 0 radical (unpaired) electrons. The number of nitrogens with zero attached hydrogens (tertiary/aromatic N) is 5. The molecule has 0 aliphatic carbocycles. The Morgan fingerprint density at radius 1 is 1.26 bits per heavy atom. The number of nitrogens with one attached hydrogen (secondary N) is 1. The molecule has 4 rings (SSSR count). The van der Waals surface area contributed by atoms with Crippen LogP contribution in [0.2, 0.25) is 5.02 Å². The third kappa shape index (κ3) is 4.29. The summed E-state index contributed by atoms with van der Waals surface area (Å²) in [5.74, 6) is 0.336. The molecule has 0 fully saturated rings. The van der Waals surface area contributed by atoms with Crippen molar-refractivity contribution in [1.29, 1.82) is 0 Å². The summed E-state index contributed by atoms with van der Waals surface area (Å²) in [6, 6.07) is 6.63. The molecule has 0 bridgehead atoms. The average molecular weight is 439 g/mol. The first-order chi connectivity index (χ1) is 14.8. The monoisotopic (exact) mass is 438 g/mol. The van der Waals surface area contributed by atoms with Crippen LogP contribution in [0.1, 0.15) is 30.7 Å². The lowest BCUT2D eigenvalue weighted by molar-refractivity contribution is 0.0742. The fourth-order valence-electron chi connectivity index (χ4n) is 3.54. The molecule has 1 aliphatic heterocycles. The number of hydrogen-bond acceptors (Lipinski definition) is 6. The van der Waals surface area contributed by atoms with Gasteiger partial charge in [-0.15, -0.1) is 0 Å². The van der Waals surface area contributed by atoms with Gasteiger partial charge in [0.25, 0.3) is 0 Å². The summed E-state index contributed by atoms with van der Waals surface area (Å²) in [7, 11) is 0. The molecule has 0 unspecified atom stereocenters. The number of hydrogen-bond donors (Lipinski definition) is 2. The number of fused-ring (bicyclic) bond motifs is 1. The molecule has 0 spiro atoms. The number of benzene rings is 1. The summed E-state index contributed by atoms with van der Waals surface area (Å²) in [6.45, 7) is 11.4. The SMILES string of the molecule is [C-]#[N+]c1ccc(N2CCc3c(ncnc3Nc3cc(F)c(C(C)(C)O)cn3)C2)cc1Cl. The van der Waals surface area contributed by atoms with Gasteiger partial charge in [-0.3, -0.25) is 0 Å². The van der Waals surface area contributed by atoms with Crippen LogP contribution < -0.4 is 10.2 Å². The first-order valence-electron chi connectivity index (χ1n) is 9.66. The minimum absolute atomic E-state index is 0.126. The molecule has 3 aromatic rings. The topological polar surface area (TPSA) is 78.5 Å². The van der Waals surface area contributed by atoms with Gasteiger partial charge in [-0.25, -0.2) is 24.2 Å². The molecule has 1 aromatic carbocycles. The van der Waals surface area contributed by atoms with Gasteiger partial charge in [-0.2, -0.15) is 0 Å². The van der Waals surface area contributed by atoms with Gasteiger partial charge in [0.2, 0.25) is 5.69 Å². The van der Waals surface area contributed by atoms with Crippen molar-refractivity contribution in [3.05, 3.63) is 75.9 Å². The summed E-state index contributed by atoms with van der Waals surface area (Å²) in [6.07, 6.45) is 3.45. The number of rotatable bonds is 4. The zero-order chi connectivity index (χ0) is 22.2. The average Bonchev–Trinajstić information content (AvgIpc) is 2.72. The highest BCUT2D eigenvalue weighted by Crippen LogP contribution is 2.33. The zero-order valence-electron chi connectivity index (χ0n) is 17.0. The Hall–Kier alpha value is -3.28. The van der Waals surface area contributed by atoms with E-state index in [0.29, 0.717) is 41.9 Å². The maximum atomic E-state index is 14.4. The Kier molecular flexibility index (Phi) is 5.48. The molecule has 0 saturated carbocycles. The minimum Gasteiger partial charge on any atom is -0.386 e. The first kappa shape index (κ1) is 21.0. The molecule has 0 saturated heterocycles. The quantitative estimate of drug-likeness (QED) is 0.572. The highest BCUT2D eigenvalue weighted by molar-refractivity contribution is 6.33. The van der Waals surface area contributed by atoms with E-state index in [4.69, 9.17) is 18.2 Å². The Labute approximate surface area is 184 Å². The number of pyridine rings is 1. The van der Waals surface area contributed by atoms with Crippen molar-refractivity contribution in [3.8, 4) is 0 Å². The zero-order valence-corrected chi connectivity index (χ0v) is 17.8. The van der Waals surface area contributed by atoms with Crippen molar-refractivity contribution in [3.63, 3.8) is 0 Å². The molecule has 7 nitrogen and oxygen atoms in total. The molecule has 31 heavy (non-hydrogen) atoms. The van der Waals surface area contributed by atoms with Crippen LogP contribution in [0.4, 0.5) is 27.4 Å². The third-order valence-electron chi connectivity index (χ3n) is 5.18. The lowest BCUT2D eigenvalue weighted by Crippen LogP contribution is -2.31. The van der Waals surface area contributed by atoms with Crippen LogP contribution in [0, 0.1) is 12.4 Å². The van der Waals surface area contributed by atoms with Crippen LogP contribution in [0.25, 0.3) is 4.85 Å². The van der Waals surface area contributed by atoms with Gasteiger partial charge in [0, 0.05) is 40.6 Å². The molecule has 158 valence electrons. The highest BCUT2D eigenvalue weighted by Gasteiger charge is 2.24. The Balaban J connectivity index is 1.57. The van der Waals surface area contributed by atoms with Gasteiger partial charge in [-0.1, -0.05) is 17.7 Å². The van der Waals surface area contributed by atoms with Gasteiger partial charge in [0.15, 0.2) is 0 Å². The highest BCUT2D eigenvalue weighted by atomic mass is 35.5. The molecule has 2 aromatic heterocycles. The Morgan fingerprint density at radius 3 is 2.74 bits per heavy atom. The summed E-state index contributed by atoms with van der Waals surface area (Å²) in [4.78, 5) is 18.5. The van der Waals surface area contributed by atoms with Gasteiger partial charge < -0.3 is 15.3 Å². The maximum Gasteiger partial charge on any atom is 0.205 e. The standard InChI is InChI=1S/C22H20ClFN6O/c1-22(2,31)15-10-26-20(9-17(15)24)29-21-14-6-7-30(11-19(14)27-12-28-21)13-4-5-18(25-3)16(23)8-13/h4-5,8-10,12,31H,6-7,11H2,1-2H3,(H,26,27,28,29). The number of halogens is 2. The molecule has 0 atom stereocenters. The van der Waals surface area contributed by atoms with Crippen LogP contribution >= 0.6 is 11.6 Å². The van der Waals surface area contributed by atoms with Crippen molar-refractivity contribution in [2.75, 3.05) is 16.8 Å². The summed E-state index contributed by atoms with van der Waals surface area (Å²) in [5, 5.41) is 13.5. The van der Waals surface area contributed by atoms with E-state index in [2.05, 4.69) is 30.0 Å². The van der Waals surface area contributed by atoms with Gasteiger partial charge >= 0.3 is 0 Å². The predicted molar refractivity (Wildman–Crippen MR) is 117 cm³/mol. The second-order valence-corrected chi connectivity index (χ2v) is 8.21. The van der Waals surface area contributed by atoms with Crippen molar-refractivity contribution in [1.82, 2.24) is 15.0 Å². The van der Waals surface area contributed by atoms with Crippen LogP contribution in [0.5, 0.6) is 0 Å². The van der Waals surface area contributed by atoms with Crippen LogP contribution in [0.3, 0.4) is 0 Å². The number of aliphatic hydroxyl groups is 1. The van der Waals surface area contributed by atoms with Crippen LogP contribution in [0.15, 0.2) is 36.8 Å². The summed E-state index contributed by atoms with van der Waals surface area (Å²) < 4.78 is 14.4. The second-order valence-electron chi connectivity index (χ2n) is 7.80. The minimum atomic E-state index is -1.32. The number of aromatic nitrogens is 3. The lowest BCUT2D eigenvalue weighted by Gasteiger charge is -2.31.